The molecule has 1 saturated carbocycles. The molecular weight excluding hydrogens is 238 g/mol. The normalized spacial score (nSPS) is 15.1. The Balaban J connectivity index is 1.78. The summed E-state index contributed by atoms with van der Waals surface area (Å²) in [6.45, 7) is 0.449. The summed E-state index contributed by atoms with van der Waals surface area (Å²) < 4.78 is 1.84. The highest BCUT2D eigenvalue weighted by atomic mass is 32.2. The lowest BCUT2D eigenvalue weighted by Gasteiger charge is -2.01. The fourth-order valence-electron chi connectivity index (χ4n) is 1.38. The molecule has 0 aromatic carbocycles. The first-order chi connectivity index (χ1) is 8.36. The Labute approximate surface area is 102 Å². The van der Waals surface area contributed by atoms with Crippen LogP contribution in [0.15, 0.2) is 22.7 Å². The van der Waals surface area contributed by atoms with Gasteiger partial charge in [-0.3, -0.25) is 0 Å². The number of nitrogens with two attached hydrogens (primary N) is 1. The van der Waals surface area contributed by atoms with Crippen LogP contribution >= 0.6 is 11.8 Å². The van der Waals surface area contributed by atoms with Crippen molar-refractivity contribution in [2.45, 2.75) is 35.7 Å². The monoisotopic (exact) mass is 249 g/mol. The number of rotatable bonds is 4. The number of hydrogen-bond acceptors (Lipinski definition) is 7. The molecule has 1 fully saturated rings. The van der Waals surface area contributed by atoms with E-state index >= 15 is 0 Å². The van der Waals surface area contributed by atoms with E-state index in [-0.39, 0.29) is 0 Å². The summed E-state index contributed by atoms with van der Waals surface area (Å²) in [4.78, 5) is 8.42. The number of tetrazole rings is 1. The quantitative estimate of drug-likeness (QED) is 0.784. The summed E-state index contributed by atoms with van der Waals surface area (Å²) in [5.74, 6) is 0. The zero-order chi connectivity index (χ0) is 11.7. The van der Waals surface area contributed by atoms with Crippen molar-refractivity contribution < 1.29 is 0 Å². The van der Waals surface area contributed by atoms with Gasteiger partial charge in [-0.15, -0.1) is 5.10 Å². The first kappa shape index (κ1) is 10.6. The minimum absolute atomic E-state index is 0.449. The summed E-state index contributed by atoms with van der Waals surface area (Å²) in [5, 5.41) is 13.0. The van der Waals surface area contributed by atoms with Gasteiger partial charge >= 0.3 is 0 Å². The standard InChI is InChI=1S/C9H11N7S/c10-3-6-4-11-8(12-5-6)17-9-13-14-15-16(9)7-1-2-7/h4-5,7H,1-3,10H2. The van der Waals surface area contributed by atoms with Gasteiger partial charge in [0.05, 0.1) is 6.04 Å². The average molecular weight is 249 g/mol. The highest BCUT2D eigenvalue weighted by molar-refractivity contribution is 7.99. The highest BCUT2D eigenvalue weighted by Crippen LogP contribution is 2.37. The summed E-state index contributed by atoms with van der Waals surface area (Å²) >= 11 is 1.37. The van der Waals surface area contributed by atoms with Gasteiger partial charge in [-0.2, -0.15) is 0 Å². The number of nitrogens with zero attached hydrogens (tertiary/aromatic N) is 6. The Bertz CT molecular complexity index is 504. The Morgan fingerprint density at radius 1 is 1.35 bits per heavy atom. The van der Waals surface area contributed by atoms with E-state index in [9.17, 15) is 0 Å². The molecule has 0 atom stereocenters. The minimum Gasteiger partial charge on any atom is -0.326 e. The first-order valence-corrected chi connectivity index (χ1v) is 6.15. The van der Waals surface area contributed by atoms with Crippen LogP contribution in [0.1, 0.15) is 24.4 Å². The van der Waals surface area contributed by atoms with Crippen LogP contribution in [0, 0.1) is 0 Å². The van der Waals surface area contributed by atoms with E-state index in [1.165, 1.54) is 11.8 Å². The maximum atomic E-state index is 5.48. The highest BCUT2D eigenvalue weighted by Gasteiger charge is 2.28. The summed E-state index contributed by atoms with van der Waals surface area (Å²) in [6, 6.07) is 0.454. The minimum atomic E-state index is 0.449. The smallest absolute Gasteiger partial charge is 0.217 e. The van der Waals surface area contributed by atoms with Crippen LogP contribution in [-0.4, -0.2) is 30.2 Å². The molecule has 0 unspecified atom stereocenters. The topological polar surface area (TPSA) is 95.4 Å². The molecule has 7 nitrogen and oxygen atoms in total. The molecule has 1 aliphatic carbocycles. The molecule has 3 rings (SSSR count). The van der Waals surface area contributed by atoms with Crippen molar-refractivity contribution in [3.63, 3.8) is 0 Å². The van der Waals surface area contributed by atoms with Gasteiger partial charge < -0.3 is 5.73 Å². The van der Waals surface area contributed by atoms with E-state index in [1.807, 2.05) is 4.68 Å². The van der Waals surface area contributed by atoms with Gasteiger partial charge in [0.1, 0.15) is 0 Å². The van der Waals surface area contributed by atoms with Crippen LogP contribution in [0.4, 0.5) is 0 Å². The Morgan fingerprint density at radius 2 is 2.12 bits per heavy atom. The Kier molecular flexibility index (Phi) is 2.73. The first-order valence-electron chi connectivity index (χ1n) is 5.33. The third kappa shape index (κ3) is 2.27. The maximum absolute atomic E-state index is 5.48. The molecule has 2 N–H and O–H groups in total. The molecule has 0 spiro atoms. The number of hydrogen-bond donors (Lipinski definition) is 1. The van der Waals surface area contributed by atoms with Gasteiger partial charge in [-0.1, -0.05) is 0 Å². The van der Waals surface area contributed by atoms with Gasteiger partial charge in [-0.25, -0.2) is 14.6 Å². The second kappa shape index (κ2) is 4.38. The van der Waals surface area contributed by atoms with Crippen molar-refractivity contribution in [2.75, 3.05) is 0 Å². The zero-order valence-electron chi connectivity index (χ0n) is 9.02. The van der Waals surface area contributed by atoms with Crippen molar-refractivity contribution in [3.05, 3.63) is 18.0 Å². The molecule has 0 aliphatic heterocycles. The summed E-state index contributed by atoms with van der Waals surface area (Å²) in [6.07, 6.45) is 5.73. The third-order valence-corrected chi connectivity index (χ3v) is 3.30. The van der Waals surface area contributed by atoms with Crippen molar-refractivity contribution in [2.24, 2.45) is 5.73 Å². The van der Waals surface area contributed by atoms with Crippen molar-refractivity contribution in [3.8, 4) is 0 Å². The van der Waals surface area contributed by atoms with Crippen LogP contribution < -0.4 is 5.73 Å². The molecule has 2 aromatic heterocycles. The number of aromatic nitrogens is 6. The van der Waals surface area contributed by atoms with Crippen molar-refractivity contribution in [1.82, 2.24) is 30.2 Å². The molecule has 0 amide bonds. The maximum Gasteiger partial charge on any atom is 0.217 e. The molecular formula is C9H11N7S. The van der Waals surface area contributed by atoms with Gasteiger partial charge in [0, 0.05) is 24.5 Å². The molecule has 0 saturated heterocycles. The zero-order valence-corrected chi connectivity index (χ0v) is 9.84. The molecule has 0 radical (unpaired) electrons. The fraction of sp³-hybridized carbons (Fsp3) is 0.444. The van der Waals surface area contributed by atoms with Crippen LogP contribution in [0.2, 0.25) is 0 Å². The van der Waals surface area contributed by atoms with Gasteiger partial charge in [0.25, 0.3) is 0 Å². The average Bonchev–Trinajstić information content (AvgIpc) is 3.11. The van der Waals surface area contributed by atoms with Crippen LogP contribution in [-0.2, 0) is 6.54 Å². The lowest BCUT2D eigenvalue weighted by molar-refractivity contribution is 0.565. The summed E-state index contributed by atoms with van der Waals surface area (Å²) in [7, 11) is 0. The van der Waals surface area contributed by atoms with Crippen LogP contribution in [0.3, 0.4) is 0 Å². The van der Waals surface area contributed by atoms with Gasteiger partial charge in [0.15, 0.2) is 5.16 Å². The molecule has 2 aromatic rings. The SMILES string of the molecule is NCc1cnc(Sc2nnnn2C2CC2)nc1. The molecule has 2 heterocycles. The molecule has 1 aliphatic rings. The van der Waals surface area contributed by atoms with Gasteiger partial charge in [0.2, 0.25) is 5.16 Å². The van der Waals surface area contributed by atoms with E-state index in [1.54, 1.807) is 12.4 Å². The molecule has 0 bridgehead atoms. The molecule has 17 heavy (non-hydrogen) atoms. The van der Waals surface area contributed by atoms with Crippen molar-refractivity contribution >= 4 is 11.8 Å². The molecule has 8 heteroatoms. The predicted molar refractivity (Wildman–Crippen MR) is 60.1 cm³/mol. The van der Waals surface area contributed by atoms with Crippen LogP contribution in [0.5, 0.6) is 0 Å². The Morgan fingerprint density at radius 3 is 2.76 bits per heavy atom. The van der Waals surface area contributed by atoms with E-state index < -0.39 is 0 Å². The predicted octanol–water partition coefficient (Wildman–Crippen LogP) is 0.408. The van der Waals surface area contributed by atoms with E-state index in [0.29, 0.717) is 17.7 Å². The van der Waals surface area contributed by atoms with E-state index in [4.69, 9.17) is 5.73 Å². The Hall–Kier alpha value is -1.54. The van der Waals surface area contributed by atoms with Gasteiger partial charge in [-0.05, 0) is 35.0 Å². The van der Waals surface area contributed by atoms with Crippen molar-refractivity contribution in [1.29, 1.82) is 0 Å². The summed E-state index contributed by atoms with van der Waals surface area (Å²) in [5.41, 5.74) is 6.40. The largest absolute Gasteiger partial charge is 0.326 e. The lowest BCUT2D eigenvalue weighted by Crippen LogP contribution is -2.01. The van der Waals surface area contributed by atoms with Crippen LogP contribution in [0.25, 0.3) is 0 Å². The fourth-order valence-corrected chi connectivity index (χ4v) is 2.11. The van der Waals surface area contributed by atoms with E-state index in [2.05, 4.69) is 25.5 Å². The second-order valence-corrected chi connectivity index (χ2v) is 4.75. The molecule has 88 valence electrons. The lowest BCUT2D eigenvalue weighted by atomic mass is 10.4. The third-order valence-electron chi connectivity index (χ3n) is 2.46. The van der Waals surface area contributed by atoms with E-state index in [0.717, 1.165) is 23.6 Å². The second-order valence-electron chi connectivity index (χ2n) is 3.82.